The fourth-order valence-electron chi connectivity index (χ4n) is 1.99. The standard InChI is InChI=1S/C14H15N/c1-2-7-14-11(4-1)5-3-6-12(14)10-15-13-8-9-13/h1-7,13,15H,8-10H2. The summed E-state index contributed by atoms with van der Waals surface area (Å²) in [6, 6.07) is 15.9. The van der Waals surface area contributed by atoms with Crippen LogP contribution in [0.5, 0.6) is 0 Å². The lowest BCUT2D eigenvalue weighted by atomic mass is 10.0. The van der Waals surface area contributed by atoms with E-state index in [1.165, 1.54) is 29.2 Å². The predicted molar refractivity (Wildman–Crippen MR) is 63.8 cm³/mol. The summed E-state index contributed by atoms with van der Waals surface area (Å²) in [5, 5.41) is 6.29. The smallest absolute Gasteiger partial charge is 0.0214 e. The van der Waals surface area contributed by atoms with Gasteiger partial charge in [-0.15, -0.1) is 0 Å². The third-order valence-corrected chi connectivity index (χ3v) is 3.04. The van der Waals surface area contributed by atoms with Crippen molar-refractivity contribution in [2.75, 3.05) is 0 Å². The third-order valence-electron chi connectivity index (χ3n) is 3.04. The van der Waals surface area contributed by atoms with E-state index in [0.717, 1.165) is 12.6 Å². The molecule has 0 saturated heterocycles. The lowest BCUT2D eigenvalue weighted by Gasteiger charge is -2.07. The lowest BCUT2D eigenvalue weighted by Crippen LogP contribution is -2.15. The van der Waals surface area contributed by atoms with Gasteiger partial charge >= 0.3 is 0 Å². The van der Waals surface area contributed by atoms with Crippen molar-refractivity contribution in [3.05, 3.63) is 48.0 Å². The molecule has 0 bridgehead atoms. The van der Waals surface area contributed by atoms with Crippen LogP contribution in [-0.4, -0.2) is 6.04 Å². The van der Waals surface area contributed by atoms with E-state index in [1.807, 2.05) is 0 Å². The molecule has 1 heteroatoms. The Balaban J connectivity index is 1.93. The first-order chi connectivity index (χ1) is 7.43. The molecule has 1 saturated carbocycles. The average molecular weight is 197 g/mol. The van der Waals surface area contributed by atoms with Gasteiger partial charge in [-0.25, -0.2) is 0 Å². The van der Waals surface area contributed by atoms with Gasteiger partial charge in [0.2, 0.25) is 0 Å². The molecule has 0 unspecified atom stereocenters. The zero-order valence-corrected chi connectivity index (χ0v) is 8.74. The van der Waals surface area contributed by atoms with E-state index >= 15 is 0 Å². The first-order valence-electron chi connectivity index (χ1n) is 5.63. The minimum atomic E-state index is 0.781. The Morgan fingerprint density at radius 1 is 1.00 bits per heavy atom. The largest absolute Gasteiger partial charge is 0.310 e. The molecular weight excluding hydrogens is 182 g/mol. The highest BCUT2D eigenvalue weighted by molar-refractivity contribution is 5.85. The summed E-state index contributed by atoms with van der Waals surface area (Å²) >= 11 is 0. The van der Waals surface area contributed by atoms with Crippen molar-refractivity contribution in [2.24, 2.45) is 0 Å². The van der Waals surface area contributed by atoms with Crippen LogP contribution in [0.2, 0.25) is 0 Å². The number of hydrogen-bond donors (Lipinski definition) is 1. The maximum Gasteiger partial charge on any atom is 0.0214 e. The van der Waals surface area contributed by atoms with E-state index in [4.69, 9.17) is 0 Å². The van der Waals surface area contributed by atoms with Gasteiger partial charge in [0.05, 0.1) is 0 Å². The summed E-state index contributed by atoms with van der Waals surface area (Å²) in [6.45, 7) is 1.01. The predicted octanol–water partition coefficient (Wildman–Crippen LogP) is 3.09. The summed E-state index contributed by atoms with van der Waals surface area (Å²) in [4.78, 5) is 0. The maximum atomic E-state index is 3.57. The molecule has 0 aromatic heterocycles. The highest BCUT2D eigenvalue weighted by Gasteiger charge is 2.20. The van der Waals surface area contributed by atoms with Crippen LogP contribution >= 0.6 is 0 Å². The highest BCUT2D eigenvalue weighted by Crippen LogP contribution is 2.22. The van der Waals surface area contributed by atoms with E-state index in [2.05, 4.69) is 47.8 Å². The topological polar surface area (TPSA) is 12.0 Å². The molecule has 2 aromatic rings. The van der Waals surface area contributed by atoms with E-state index in [0.29, 0.717) is 0 Å². The van der Waals surface area contributed by atoms with Crippen molar-refractivity contribution in [1.82, 2.24) is 5.32 Å². The number of hydrogen-bond acceptors (Lipinski definition) is 1. The van der Waals surface area contributed by atoms with Gasteiger partial charge in [0.25, 0.3) is 0 Å². The van der Waals surface area contributed by atoms with Gasteiger partial charge < -0.3 is 5.32 Å². The molecule has 0 spiro atoms. The zero-order valence-electron chi connectivity index (χ0n) is 8.74. The van der Waals surface area contributed by atoms with E-state index < -0.39 is 0 Å². The molecule has 0 aliphatic heterocycles. The van der Waals surface area contributed by atoms with E-state index in [-0.39, 0.29) is 0 Å². The number of fused-ring (bicyclic) bond motifs is 1. The van der Waals surface area contributed by atoms with E-state index in [1.54, 1.807) is 0 Å². The lowest BCUT2D eigenvalue weighted by molar-refractivity contribution is 0.691. The van der Waals surface area contributed by atoms with Gasteiger partial charge in [-0.3, -0.25) is 0 Å². The minimum absolute atomic E-state index is 0.781. The first-order valence-corrected chi connectivity index (χ1v) is 5.63. The second-order valence-corrected chi connectivity index (χ2v) is 4.29. The van der Waals surface area contributed by atoms with Crippen LogP contribution in [0.1, 0.15) is 18.4 Å². The Morgan fingerprint density at radius 2 is 1.80 bits per heavy atom. The van der Waals surface area contributed by atoms with Crippen molar-refractivity contribution >= 4 is 10.8 Å². The van der Waals surface area contributed by atoms with Gasteiger partial charge in [0, 0.05) is 12.6 Å². The molecule has 0 radical (unpaired) electrons. The molecule has 1 aliphatic rings. The molecule has 1 nitrogen and oxygen atoms in total. The number of benzene rings is 2. The average Bonchev–Trinajstić information content (AvgIpc) is 3.10. The second-order valence-electron chi connectivity index (χ2n) is 4.29. The Hall–Kier alpha value is -1.34. The van der Waals surface area contributed by atoms with Crippen LogP contribution in [0.15, 0.2) is 42.5 Å². The van der Waals surface area contributed by atoms with Gasteiger partial charge in [0.15, 0.2) is 0 Å². The van der Waals surface area contributed by atoms with Gasteiger partial charge in [0.1, 0.15) is 0 Å². The van der Waals surface area contributed by atoms with E-state index in [9.17, 15) is 0 Å². The first kappa shape index (κ1) is 8.93. The SMILES string of the molecule is c1ccc2c(CNC3CC3)cccc2c1. The molecule has 0 amide bonds. The maximum absolute atomic E-state index is 3.57. The molecule has 0 heterocycles. The van der Waals surface area contributed by atoms with Gasteiger partial charge in [-0.1, -0.05) is 42.5 Å². The third kappa shape index (κ3) is 1.88. The summed E-state index contributed by atoms with van der Waals surface area (Å²) in [5.74, 6) is 0. The van der Waals surface area contributed by atoms with Crippen molar-refractivity contribution in [3.8, 4) is 0 Å². The fraction of sp³-hybridized carbons (Fsp3) is 0.286. The number of rotatable bonds is 3. The highest BCUT2D eigenvalue weighted by atomic mass is 14.9. The van der Waals surface area contributed by atoms with Crippen molar-refractivity contribution < 1.29 is 0 Å². The molecule has 3 rings (SSSR count). The Morgan fingerprint density at radius 3 is 2.67 bits per heavy atom. The van der Waals surface area contributed by atoms with Crippen LogP contribution in [0, 0.1) is 0 Å². The Kier molecular flexibility index (Phi) is 2.18. The van der Waals surface area contributed by atoms with Gasteiger partial charge in [-0.2, -0.15) is 0 Å². The van der Waals surface area contributed by atoms with Crippen molar-refractivity contribution in [2.45, 2.75) is 25.4 Å². The molecule has 1 fully saturated rings. The van der Waals surface area contributed by atoms with Crippen LogP contribution in [0.25, 0.3) is 10.8 Å². The summed E-state index contributed by atoms with van der Waals surface area (Å²) in [5.41, 5.74) is 1.42. The van der Waals surface area contributed by atoms with Crippen LogP contribution < -0.4 is 5.32 Å². The Labute approximate surface area is 90.1 Å². The Bertz CT molecular complexity index is 466. The van der Waals surface area contributed by atoms with Crippen LogP contribution in [0.3, 0.4) is 0 Å². The molecule has 15 heavy (non-hydrogen) atoms. The molecular formula is C14H15N. The quantitative estimate of drug-likeness (QED) is 0.797. The van der Waals surface area contributed by atoms with Crippen LogP contribution in [-0.2, 0) is 6.54 Å². The van der Waals surface area contributed by atoms with Crippen molar-refractivity contribution in [3.63, 3.8) is 0 Å². The minimum Gasteiger partial charge on any atom is -0.310 e. The fourth-order valence-corrected chi connectivity index (χ4v) is 1.99. The molecule has 0 atom stereocenters. The molecule has 1 aliphatic carbocycles. The second kappa shape index (κ2) is 3.67. The summed E-state index contributed by atoms with van der Waals surface area (Å²) < 4.78 is 0. The molecule has 1 N–H and O–H groups in total. The van der Waals surface area contributed by atoms with Gasteiger partial charge in [-0.05, 0) is 29.2 Å². The molecule has 76 valence electrons. The monoisotopic (exact) mass is 197 g/mol. The summed E-state index contributed by atoms with van der Waals surface area (Å²) in [6.07, 6.45) is 2.70. The van der Waals surface area contributed by atoms with Crippen molar-refractivity contribution in [1.29, 1.82) is 0 Å². The normalized spacial score (nSPS) is 15.7. The zero-order chi connectivity index (χ0) is 10.1. The summed E-state index contributed by atoms with van der Waals surface area (Å²) in [7, 11) is 0. The molecule has 2 aromatic carbocycles. The number of nitrogens with one attached hydrogen (secondary N) is 1. The van der Waals surface area contributed by atoms with Crippen LogP contribution in [0.4, 0.5) is 0 Å².